The zero-order chi connectivity index (χ0) is 12.6. The number of aromatic carboxylic acids is 1. The smallest absolute Gasteiger partial charge is 0.354 e. The summed E-state index contributed by atoms with van der Waals surface area (Å²) in [5.74, 6) is -1.18. The Morgan fingerprint density at radius 3 is 2.82 bits per heavy atom. The molecule has 2 rings (SSSR count). The van der Waals surface area contributed by atoms with Crippen molar-refractivity contribution in [3.8, 4) is 5.69 Å². The topological polar surface area (TPSA) is 75.1 Å². The number of halogens is 1. The fourth-order valence-electron chi connectivity index (χ4n) is 1.60. The van der Waals surface area contributed by atoms with Crippen LogP contribution in [0.3, 0.4) is 0 Å². The minimum atomic E-state index is -1.18. The third kappa shape index (κ3) is 1.85. The quantitative estimate of drug-likeness (QED) is 0.856. The molecule has 0 aliphatic heterocycles. The van der Waals surface area contributed by atoms with Crippen molar-refractivity contribution in [2.24, 2.45) is 0 Å². The van der Waals surface area contributed by atoms with E-state index in [0.717, 1.165) is 10.8 Å². The molecule has 88 valence electrons. The Kier molecular flexibility index (Phi) is 2.77. The third-order valence-corrected chi connectivity index (χ3v) is 2.88. The molecule has 1 aromatic carbocycles. The first-order valence-corrected chi connectivity index (χ1v) is 5.19. The maximum atomic E-state index is 11.6. The molecule has 2 aromatic rings. The summed E-state index contributed by atoms with van der Waals surface area (Å²) in [5, 5.41) is 9.47. The van der Waals surface area contributed by atoms with E-state index in [0.29, 0.717) is 16.3 Å². The summed E-state index contributed by atoms with van der Waals surface area (Å²) in [6.07, 6.45) is 1.16. The van der Waals surface area contributed by atoms with Crippen molar-refractivity contribution < 1.29 is 9.90 Å². The highest BCUT2D eigenvalue weighted by Crippen LogP contribution is 2.22. The molecule has 0 radical (unpaired) electrons. The van der Waals surface area contributed by atoms with E-state index >= 15 is 0 Å². The second kappa shape index (κ2) is 4.10. The number of imidazole rings is 1. The van der Waals surface area contributed by atoms with E-state index in [2.05, 4.69) is 4.98 Å². The predicted octanol–water partition coefficient (Wildman–Crippen LogP) is 1.83. The summed E-state index contributed by atoms with van der Waals surface area (Å²) in [6.45, 7) is 1.72. The molecular formula is C11H9ClN2O3. The minimum absolute atomic E-state index is 0.125. The number of carboxylic acids is 1. The minimum Gasteiger partial charge on any atom is -0.477 e. The van der Waals surface area contributed by atoms with Crippen LogP contribution in [0.25, 0.3) is 5.69 Å². The highest BCUT2D eigenvalue weighted by atomic mass is 35.5. The summed E-state index contributed by atoms with van der Waals surface area (Å²) < 4.78 is 1.09. The molecule has 0 amide bonds. The van der Waals surface area contributed by atoms with Crippen molar-refractivity contribution in [2.75, 3.05) is 0 Å². The zero-order valence-corrected chi connectivity index (χ0v) is 9.65. The van der Waals surface area contributed by atoms with Gasteiger partial charge in [-0.1, -0.05) is 17.7 Å². The van der Waals surface area contributed by atoms with Crippen molar-refractivity contribution in [2.45, 2.75) is 6.92 Å². The lowest BCUT2D eigenvalue weighted by Gasteiger charge is -2.08. The number of carboxylic acid groups (broad SMARTS) is 1. The fraction of sp³-hybridized carbons (Fsp3) is 0.0909. The van der Waals surface area contributed by atoms with Gasteiger partial charge in [0.05, 0.1) is 5.69 Å². The fourth-order valence-corrected chi connectivity index (χ4v) is 1.77. The Hall–Kier alpha value is -2.01. The Bertz CT molecular complexity index is 642. The molecule has 0 spiro atoms. The second-order valence-electron chi connectivity index (χ2n) is 3.50. The molecule has 17 heavy (non-hydrogen) atoms. The largest absolute Gasteiger partial charge is 0.477 e. The molecule has 2 N–H and O–H groups in total. The van der Waals surface area contributed by atoms with Gasteiger partial charge in [0, 0.05) is 11.2 Å². The van der Waals surface area contributed by atoms with Gasteiger partial charge in [0.25, 0.3) is 0 Å². The lowest BCUT2D eigenvalue weighted by molar-refractivity contribution is 0.0688. The van der Waals surface area contributed by atoms with Crippen molar-refractivity contribution in [1.82, 2.24) is 9.55 Å². The van der Waals surface area contributed by atoms with Crippen molar-refractivity contribution in [3.63, 3.8) is 0 Å². The number of carbonyl (C=O) groups is 1. The lowest BCUT2D eigenvalue weighted by atomic mass is 10.2. The van der Waals surface area contributed by atoms with Gasteiger partial charge in [0.2, 0.25) is 0 Å². The van der Waals surface area contributed by atoms with E-state index < -0.39 is 11.7 Å². The van der Waals surface area contributed by atoms with Crippen LogP contribution in [0.15, 0.2) is 29.2 Å². The van der Waals surface area contributed by atoms with Crippen LogP contribution >= 0.6 is 11.6 Å². The number of rotatable bonds is 2. The first-order valence-electron chi connectivity index (χ1n) is 4.81. The summed E-state index contributed by atoms with van der Waals surface area (Å²) in [4.78, 5) is 24.9. The van der Waals surface area contributed by atoms with Crippen molar-refractivity contribution in [1.29, 1.82) is 0 Å². The van der Waals surface area contributed by atoms with E-state index in [-0.39, 0.29) is 5.69 Å². The number of nitrogens with zero attached hydrogens (tertiary/aromatic N) is 1. The van der Waals surface area contributed by atoms with Crippen LogP contribution in [-0.4, -0.2) is 20.6 Å². The molecule has 1 heterocycles. The normalized spacial score (nSPS) is 10.5. The predicted molar refractivity (Wildman–Crippen MR) is 63.1 cm³/mol. The maximum Gasteiger partial charge on any atom is 0.354 e. The van der Waals surface area contributed by atoms with Crippen LogP contribution in [0.4, 0.5) is 0 Å². The molecule has 0 unspecified atom stereocenters. The highest BCUT2D eigenvalue weighted by molar-refractivity contribution is 6.31. The molecule has 0 aliphatic carbocycles. The van der Waals surface area contributed by atoms with E-state index in [1.165, 1.54) is 0 Å². The number of nitrogens with one attached hydrogen (secondary N) is 1. The van der Waals surface area contributed by atoms with Gasteiger partial charge < -0.3 is 10.1 Å². The van der Waals surface area contributed by atoms with Gasteiger partial charge in [0.1, 0.15) is 0 Å². The first kappa shape index (κ1) is 11.5. The number of H-pyrrole nitrogens is 1. The highest BCUT2D eigenvalue weighted by Gasteiger charge is 2.16. The van der Waals surface area contributed by atoms with Gasteiger partial charge in [-0.05, 0) is 24.6 Å². The molecule has 0 bridgehead atoms. The molecule has 0 atom stereocenters. The Labute approximate surface area is 101 Å². The van der Waals surface area contributed by atoms with Crippen LogP contribution in [0.2, 0.25) is 5.02 Å². The number of hydrogen-bond donors (Lipinski definition) is 2. The number of benzene rings is 1. The Balaban J connectivity index is 2.77. The van der Waals surface area contributed by atoms with E-state index in [1.54, 1.807) is 25.1 Å². The molecule has 0 saturated carbocycles. The number of aromatic nitrogens is 2. The second-order valence-corrected chi connectivity index (χ2v) is 3.91. The van der Waals surface area contributed by atoms with Crippen molar-refractivity contribution >= 4 is 17.6 Å². The Morgan fingerprint density at radius 2 is 2.18 bits per heavy atom. The summed E-state index contributed by atoms with van der Waals surface area (Å²) >= 11 is 5.94. The summed E-state index contributed by atoms with van der Waals surface area (Å²) in [5.41, 5.74) is 0.479. The molecule has 0 aliphatic rings. The molecule has 0 saturated heterocycles. The van der Waals surface area contributed by atoms with E-state index in [4.69, 9.17) is 16.7 Å². The van der Waals surface area contributed by atoms with Crippen LogP contribution in [0.5, 0.6) is 0 Å². The number of hydrogen-bond acceptors (Lipinski definition) is 2. The van der Waals surface area contributed by atoms with Crippen molar-refractivity contribution in [3.05, 3.63) is 51.2 Å². The monoisotopic (exact) mass is 252 g/mol. The van der Waals surface area contributed by atoms with Crippen LogP contribution in [0.1, 0.15) is 16.1 Å². The first-order chi connectivity index (χ1) is 8.02. The molecule has 0 fully saturated rings. The molecular weight excluding hydrogens is 244 g/mol. The summed E-state index contributed by atoms with van der Waals surface area (Å²) in [6, 6.07) is 4.98. The Morgan fingerprint density at radius 1 is 1.47 bits per heavy atom. The lowest BCUT2D eigenvalue weighted by Crippen LogP contribution is -2.20. The van der Waals surface area contributed by atoms with Crippen LogP contribution in [0, 0.1) is 6.92 Å². The standard InChI is InChI=1S/C11H9ClN2O3/c1-6-7(12)3-2-4-8(6)14-9(10(15)16)5-13-11(14)17/h2-5H,1H3,(H,13,17)(H,15,16). The van der Waals surface area contributed by atoms with Gasteiger partial charge in [-0.25, -0.2) is 9.59 Å². The van der Waals surface area contributed by atoms with E-state index in [1.807, 2.05) is 0 Å². The van der Waals surface area contributed by atoms with Gasteiger partial charge in [0.15, 0.2) is 5.69 Å². The average Bonchev–Trinajstić information content (AvgIpc) is 2.65. The van der Waals surface area contributed by atoms with Gasteiger partial charge in [-0.15, -0.1) is 0 Å². The summed E-state index contributed by atoms with van der Waals surface area (Å²) in [7, 11) is 0. The zero-order valence-electron chi connectivity index (χ0n) is 8.90. The molecule has 1 aromatic heterocycles. The molecule has 5 nitrogen and oxygen atoms in total. The van der Waals surface area contributed by atoms with Gasteiger partial charge in [-0.3, -0.25) is 4.57 Å². The number of aromatic amines is 1. The van der Waals surface area contributed by atoms with Crippen LogP contribution < -0.4 is 5.69 Å². The molecule has 6 heteroatoms. The van der Waals surface area contributed by atoms with Gasteiger partial charge >= 0.3 is 11.7 Å². The maximum absolute atomic E-state index is 11.6. The van der Waals surface area contributed by atoms with Crippen LogP contribution in [-0.2, 0) is 0 Å². The average molecular weight is 253 g/mol. The van der Waals surface area contributed by atoms with E-state index in [9.17, 15) is 9.59 Å². The third-order valence-electron chi connectivity index (χ3n) is 2.48. The SMILES string of the molecule is Cc1c(Cl)cccc1-n1c(C(=O)O)c[nH]c1=O. The van der Waals surface area contributed by atoms with Gasteiger partial charge in [-0.2, -0.15) is 0 Å².